The second kappa shape index (κ2) is 8.61. The fraction of sp³-hybridized carbons (Fsp3) is 0.381. The van der Waals surface area contributed by atoms with Crippen LogP contribution in [0.2, 0.25) is 0 Å². The van der Waals surface area contributed by atoms with Gasteiger partial charge in [0.05, 0.1) is 0 Å². The van der Waals surface area contributed by atoms with Crippen LogP contribution in [0.4, 0.5) is 5.69 Å². The summed E-state index contributed by atoms with van der Waals surface area (Å²) in [5, 5.41) is 2.99. The van der Waals surface area contributed by atoms with Crippen LogP contribution in [0.3, 0.4) is 0 Å². The number of ether oxygens (including phenoxy) is 2. The van der Waals surface area contributed by atoms with Crippen molar-refractivity contribution in [2.24, 2.45) is 0 Å². The van der Waals surface area contributed by atoms with Gasteiger partial charge in [-0.05, 0) is 55.7 Å². The number of nitrogens with zero attached hydrogens (tertiary/aromatic N) is 1. The standard InChI is InChI=1S/C21H26N2O3/c1-3-23(4-2)18-9-5-17(6-10-18)14-22-21(24)12-8-16-7-11-19-20(13-16)26-15-25-19/h5-7,9-11,13H,3-4,8,12,14-15H2,1-2H3,(H,22,24). The fourth-order valence-electron chi connectivity index (χ4n) is 3.06. The third-order valence-electron chi connectivity index (χ3n) is 4.63. The summed E-state index contributed by atoms with van der Waals surface area (Å²) in [5.41, 5.74) is 3.40. The van der Waals surface area contributed by atoms with Gasteiger partial charge in [-0.2, -0.15) is 0 Å². The molecular weight excluding hydrogens is 328 g/mol. The molecular formula is C21H26N2O3. The fourth-order valence-corrected chi connectivity index (χ4v) is 3.06. The van der Waals surface area contributed by atoms with Gasteiger partial charge >= 0.3 is 0 Å². The van der Waals surface area contributed by atoms with E-state index in [2.05, 4.69) is 48.3 Å². The van der Waals surface area contributed by atoms with Gasteiger partial charge in [0.1, 0.15) is 0 Å². The van der Waals surface area contributed by atoms with Crippen LogP contribution >= 0.6 is 0 Å². The summed E-state index contributed by atoms with van der Waals surface area (Å²) >= 11 is 0. The van der Waals surface area contributed by atoms with E-state index in [9.17, 15) is 4.79 Å². The number of nitrogens with one attached hydrogen (secondary N) is 1. The third kappa shape index (κ3) is 4.48. The second-order valence-electron chi connectivity index (χ2n) is 6.30. The largest absolute Gasteiger partial charge is 0.454 e. The van der Waals surface area contributed by atoms with Crippen molar-refractivity contribution in [1.29, 1.82) is 0 Å². The average Bonchev–Trinajstić information content (AvgIpc) is 3.14. The minimum atomic E-state index is 0.0514. The van der Waals surface area contributed by atoms with Crippen LogP contribution in [0.1, 0.15) is 31.4 Å². The summed E-state index contributed by atoms with van der Waals surface area (Å²) in [6.45, 7) is 7.11. The quantitative estimate of drug-likeness (QED) is 0.788. The summed E-state index contributed by atoms with van der Waals surface area (Å²) in [6.07, 6.45) is 1.14. The Balaban J connectivity index is 1.45. The summed E-state index contributed by atoms with van der Waals surface area (Å²) in [7, 11) is 0. The van der Waals surface area contributed by atoms with E-state index in [4.69, 9.17) is 9.47 Å². The number of carbonyl (C=O) groups is 1. The van der Waals surface area contributed by atoms with Crippen molar-refractivity contribution in [3.05, 3.63) is 53.6 Å². The Morgan fingerprint density at radius 1 is 1.00 bits per heavy atom. The maximum Gasteiger partial charge on any atom is 0.231 e. The molecule has 1 N–H and O–H groups in total. The zero-order valence-corrected chi connectivity index (χ0v) is 15.5. The molecule has 0 bridgehead atoms. The number of anilines is 1. The zero-order valence-electron chi connectivity index (χ0n) is 15.5. The van der Waals surface area contributed by atoms with Crippen LogP contribution in [0.25, 0.3) is 0 Å². The molecule has 26 heavy (non-hydrogen) atoms. The molecule has 0 saturated carbocycles. The first-order chi connectivity index (χ1) is 12.7. The van der Waals surface area contributed by atoms with Gasteiger partial charge in [-0.25, -0.2) is 0 Å². The van der Waals surface area contributed by atoms with Crippen molar-refractivity contribution < 1.29 is 14.3 Å². The van der Waals surface area contributed by atoms with Crippen molar-refractivity contribution in [1.82, 2.24) is 5.32 Å². The summed E-state index contributed by atoms with van der Waals surface area (Å²) < 4.78 is 10.7. The number of amides is 1. The molecule has 0 fully saturated rings. The Kier molecular flexibility index (Phi) is 6.00. The van der Waals surface area contributed by atoms with Gasteiger partial charge in [0, 0.05) is 31.7 Å². The molecule has 0 spiro atoms. The number of hydrogen-bond donors (Lipinski definition) is 1. The Morgan fingerprint density at radius 3 is 2.42 bits per heavy atom. The van der Waals surface area contributed by atoms with Gasteiger partial charge in [-0.1, -0.05) is 18.2 Å². The number of benzene rings is 2. The van der Waals surface area contributed by atoms with E-state index in [0.29, 0.717) is 19.4 Å². The van der Waals surface area contributed by atoms with E-state index in [0.717, 1.165) is 35.7 Å². The highest BCUT2D eigenvalue weighted by atomic mass is 16.7. The van der Waals surface area contributed by atoms with Crippen molar-refractivity contribution in [3.63, 3.8) is 0 Å². The molecule has 0 aromatic heterocycles. The van der Waals surface area contributed by atoms with Crippen LogP contribution in [0, 0.1) is 0 Å². The van der Waals surface area contributed by atoms with Crippen molar-refractivity contribution in [3.8, 4) is 11.5 Å². The molecule has 2 aromatic rings. The first kappa shape index (κ1) is 18.1. The van der Waals surface area contributed by atoms with Gasteiger partial charge in [0.15, 0.2) is 11.5 Å². The second-order valence-corrected chi connectivity index (χ2v) is 6.30. The summed E-state index contributed by atoms with van der Waals surface area (Å²) in [5.74, 6) is 1.58. The van der Waals surface area contributed by atoms with Gasteiger partial charge in [-0.3, -0.25) is 4.79 Å². The highest BCUT2D eigenvalue weighted by Gasteiger charge is 2.13. The third-order valence-corrected chi connectivity index (χ3v) is 4.63. The molecule has 0 saturated heterocycles. The van der Waals surface area contributed by atoms with Crippen LogP contribution in [0.5, 0.6) is 11.5 Å². The molecule has 5 nitrogen and oxygen atoms in total. The van der Waals surface area contributed by atoms with E-state index < -0.39 is 0 Å². The molecule has 1 aliphatic rings. The molecule has 138 valence electrons. The van der Waals surface area contributed by atoms with E-state index in [1.54, 1.807) is 0 Å². The monoisotopic (exact) mass is 354 g/mol. The topological polar surface area (TPSA) is 50.8 Å². The minimum Gasteiger partial charge on any atom is -0.454 e. The summed E-state index contributed by atoms with van der Waals surface area (Å²) in [4.78, 5) is 14.4. The van der Waals surface area contributed by atoms with E-state index in [1.165, 1.54) is 5.69 Å². The lowest BCUT2D eigenvalue weighted by molar-refractivity contribution is -0.121. The van der Waals surface area contributed by atoms with Crippen molar-refractivity contribution in [2.75, 3.05) is 24.8 Å². The lowest BCUT2D eigenvalue weighted by Crippen LogP contribution is -2.23. The van der Waals surface area contributed by atoms with E-state index in [-0.39, 0.29) is 12.7 Å². The molecule has 0 atom stereocenters. The summed E-state index contributed by atoms with van der Waals surface area (Å²) in [6, 6.07) is 14.2. The first-order valence-electron chi connectivity index (χ1n) is 9.18. The smallest absolute Gasteiger partial charge is 0.231 e. The Labute approximate surface area is 154 Å². The minimum absolute atomic E-state index is 0.0514. The molecule has 1 amide bonds. The lowest BCUT2D eigenvalue weighted by atomic mass is 10.1. The Morgan fingerprint density at radius 2 is 1.69 bits per heavy atom. The van der Waals surface area contributed by atoms with Crippen LogP contribution in [-0.4, -0.2) is 25.8 Å². The maximum atomic E-state index is 12.1. The maximum absolute atomic E-state index is 12.1. The molecule has 3 rings (SSSR count). The molecule has 1 heterocycles. The van der Waals surface area contributed by atoms with Crippen LogP contribution in [-0.2, 0) is 17.8 Å². The highest BCUT2D eigenvalue weighted by Crippen LogP contribution is 2.32. The van der Waals surface area contributed by atoms with Crippen molar-refractivity contribution >= 4 is 11.6 Å². The number of rotatable bonds is 8. The molecule has 1 aliphatic heterocycles. The van der Waals surface area contributed by atoms with E-state index in [1.807, 2.05) is 18.2 Å². The molecule has 0 unspecified atom stereocenters. The predicted molar refractivity (Wildman–Crippen MR) is 103 cm³/mol. The Hall–Kier alpha value is -2.69. The van der Waals surface area contributed by atoms with Crippen LogP contribution in [0.15, 0.2) is 42.5 Å². The van der Waals surface area contributed by atoms with Crippen LogP contribution < -0.4 is 19.7 Å². The average molecular weight is 354 g/mol. The van der Waals surface area contributed by atoms with Gasteiger partial charge in [0.2, 0.25) is 12.7 Å². The Bertz CT molecular complexity index is 739. The van der Waals surface area contributed by atoms with Crippen molar-refractivity contribution in [2.45, 2.75) is 33.2 Å². The normalized spacial score (nSPS) is 12.1. The number of hydrogen-bond acceptors (Lipinski definition) is 4. The molecule has 0 radical (unpaired) electrons. The van der Waals surface area contributed by atoms with Gasteiger partial charge in [0.25, 0.3) is 0 Å². The van der Waals surface area contributed by atoms with Gasteiger partial charge < -0.3 is 19.7 Å². The first-order valence-corrected chi connectivity index (χ1v) is 9.18. The predicted octanol–water partition coefficient (Wildman–Crippen LogP) is 3.51. The highest BCUT2D eigenvalue weighted by molar-refractivity contribution is 5.76. The molecule has 2 aromatic carbocycles. The van der Waals surface area contributed by atoms with E-state index >= 15 is 0 Å². The molecule has 0 aliphatic carbocycles. The lowest BCUT2D eigenvalue weighted by Gasteiger charge is -2.21. The SMILES string of the molecule is CCN(CC)c1ccc(CNC(=O)CCc2ccc3c(c2)OCO3)cc1. The van der Waals surface area contributed by atoms with Gasteiger partial charge in [-0.15, -0.1) is 0 Å². The number of fused-ring (bicyclic) bond motifs is 1. The molecule has 5 heteroatoms. The number of carbonyl (C=O) groups excluding carboxylic acids is 1. The zero-order chi connectivity index (χ0) is 18.4. The number of aryl methyl sites for hydroxylation is 1.